The Morgan fingerprint density at radius 1 is 1.59 bits per heavy atom. The van der Waals surface area contributed by atoms with Gasteiger partial charge >= 0.3 is 0 Å². The molecule has 2 fully saturated rings. The van der Waals surface area contributed by atoms with Gasteiger partial charge in [0.25, 0.3) is 0 Å². The average molecular weight is 236 g/mol. The predicted molar refractivity (Wildman–Crippen MR) is 63.3 cm³/mol. The lowest BCUT2D eigenvalue weighted by atomic mass is 9.75. The molecule has 2 aliphatic rings. The van der Waals surface area contributed by atoms with Crippen molar-refractivity contribution in [2.45, 2.75) is 31.8 Å². The maximum absolute atomic E-state index is 6.04. The first-order valence-electron chi connectivity index (χ1n) is 6.40. The molecular formula is C12H20N4O. The number of aryl methyl sites for hydroxylation is 1. The van der Waals surface area contributed by atoms with Gasteiger partial charge in [-0.25, -0.2) is 0 Å². The SMILES string of the molecule is Cn1cc(CC2(CN)CCOC2C2CC2)nn1. The summed E-state index contributed by atoms with van der Waals surface area (Å²) in [4.78, 5) is 0. The fraction of sp³-hybridized carbons (Fsp3) is 0.833. The summed E-state index contributed by atoms with van der Waals surface area (Å²) in [6, 6.07) is 0. The summed E-state index contributed by atoms with van der Waals surface area (Å²) < 4.78 is 7.68. The summed E-state index contributed by atoms with van der Waals surface area (Å²) in [5.41, 5.74) is 7.18. The largest absolute Gasteiger partial charge is 0.377 e. The van der Waals surface area contributed by atoms with E-state index >= 15 is 0 Å². The zero-order valence-electron chi connectivity index (χ0n) is 10.3. The van der Waals surface area contributed by atoms with Crippen molar-refractivity contribution in [3.8, 4) is 0 Å². The molecule has 0 radical (unpaired) electrons. The molecule has 1 aliphatic carbocycles. The van der Waals surface area contributed by atoms with Crippen molar-refractivity contribution >= 4 is 0 Å². The van der Waals surface area contributed by atoms with E-state index in [1.165, 1.54) is 12.8 Å². The molecule has 1 aliphatic heterocycles. The van der Waals surface area contributed by atoms with Crippen LogP contribution in [-0.2, 0) is 18.2 Å². The second-order valence-corrected chi connectivity index (χ2v) is 5.51. The van der Waals surface area contributed by atoms with Gasteiger partial charge in [0, 0.05) is 38.2 Å². The molecule has 0 bridgehead atoms. The van der Waals surface area contributed by atoms with Gasteiger partial charge in [0.2, 0.25) is 0 Å². The fourth-order valence-electron chi connectivity index (χ4n) is 3.06. The van der Waals surface area contributed by atoms with E-state index in [0.717, 1.165) is 31.1 Å². The third-order valence-electron chi connectivity index (χ3n) is 4.14. The van der Waals surface area contributed by atoms with Gasteiger partial charge in [-0.15, -0.1) is 5.10 Å². The molecule has 0 aromatic carbocycles. The van der Waals surface area contributed by atoms with Crippen LogP contribution in [-0.4, -0.2) is 34.2 Å². The quantitative estimate of drug-likeness (QED) is 0.827. The van der Waals surface area contributed by atoms with E-state index in [1.54, 1.807) is 4.68 Å². The highest BCUT2D eigenvalue weighted by Crippen LogP contribution is 2.48. The molecular weight excluding hydrogens is 216 g/mol. The van der Waals surface area contributed by atoms with Crippen molar-refractivity contribution in [1.82, 2.24) is 15.0 Å². The van der Waals surface area contributed by atoms with Crippen LogP contribution >= 0.6 is 0 Å². The van der Waals surface area contributed by atoms with Crippen molar-refractivity contribution in [2.75, 3.05) is 13.2 Å². The summed E-state index contributed by atoms with van der Waals surface area (Å²) in [5, 5.41) is 8.18. The van der Waals surface area contributed by atoms with Crippen molar-refractivity contribution < 1.29 is 4.74 Å². The molecule has 2 heterocycles. The Kier molecular flexibility index (Phi) is 2.67. The van der Waals surface area contributed by atoms with Crippen LogP contribution in [0.4, 0.5) is 0 Å². The minimum Gasteiger partial charge on any atom is -0.377 e. The first-order chi connectivity index (χ1) is 8.23. The normalized spacial score (nSPS) is 33.2. The highest BCUT2D eigenvalue weighted by atomic mass is 16.5. The van der Waals surface area contributed by atoms with Crippen LogP contribution in [0.5, 0.6) is 0 Å². The van der Waals surface area contributed by atoms with Crippen LogP contribution in [0.3, 0.4) is 0 Å². The lowest BCUT2D eigenvalue weighted by molar-refractivity contribution is 0.0341. The first kappa shape index (κ1) is 11.2. The first-order valence-corrected chi connectivity index (χ1v) is 6.40. The molecule has 5 heteroatoms. The van der Waals surface area contributed by atoms with E-state index in [1.807, 2.05) is 13.2 Å². The minimum absolute atomic E-state index is 0.0944. The molecule has 0 spiro atoms. The van der Waals surface area contributed by atoms with E-state index in [0.29, 0.717) is 12.6 Å². The van der Waals surface area contributed by atoms with Crippen molar-refractivity contribution in [1.29, 1.82) is 0 Å². The van der Waals surface area contributed by atoms with Crippen molar-refractivity contribution in [3.05, 3.63) is 11.9 Å². The molecule has 2 atom stereocenters. The monoisotopic (exact) mass is 236 g/mol. The maximum atomic E-state index is 6.04. The third kappa shape index (κ3) is 1.98. The van der Waals surface area contributed by atoms with Crippen LogP contribution < -0.4 is 5.73 Å². The maximum Gasteiger partial charge on any atom is 0.0834 e. The van der Waals surface area contributed by atoms with Gasteiger partial charge in [-0.2, -0.15) is 0 Å². The summed E-state index contributed by atoms with van der Waals surface area (Å²) in [6.45, 7) is 1.53. The molecule has 1 saturated heterocycles. The van der Waals surface area contributed by atoms with Crippen molar-refractivity contribution in [2.24, 2.45) is 24.1 Å². The second kappa shape index (κ2) is 4.07. The van der Waals surface area contributed by atoms with Gasteiger partial charge in [0.1, 0.15) is 0 Å². The molecule has 0 amide bonds. The highest BCUT2D eigenvalue weighted by Gasteiger charge is 2.50. The van der Waals surface area contributed by atoms with Gasteiger partial charge in [0.05, 0.1) is 11.8 Å². The van der Waals surface area contributed by atoms with Crippen LogP contribution in [0.1, 0.15) is 25.0 Å². The van der Waals surface area contributed by atoms with Crippen molar-refractivity contribution in [3.63, 3.8) is 0 Å². The number of nitrogens with zero attached hydrogens (tertiary/aromatic N) is 3. The van der Waals surface area contributed by atoms with Gasteiger partial charge in [0.15, 0.2) is 0 Å². The summed E-state index contributed by atoms with van der Waals surface area (Å²) in [7, 11) is 1.90. The molecule has 2 N–H and O–H groups in total. The number of hydrogen-bond acceptors (Lipinski definition) is 4. The molecule has 1 saturated carbocycles. The molecule has 17 heavy (non-hydrogen) atoms. The number of nitrogens with two attached hydrogens (primary N) is 1. The minimum atomic E-state index is 0.0944. The molecule has 94 valence electrons. The average Bonchev–Trinajstić information content (AvgIpc) is 2.96. The topological polar surface area (TPSA) is 66.0 Å². The van der Waals surface area contributed by atoms with Crippen LogP contribution in [0.15, 0.2) is 6.20 Å². The standard InChI is InChI=1S/C12H20N4O/c1-16-7-10(14-15-16)6-12(8-13)4-5-17-11(12)9-2-3-9/h7,9,11H,2-6,8,13H2,1H3. The Labute approximate surface area is 101 Å². The number of hydrogen-bond donors (Lipinski definition) is 1. The molecule has 3 rings (SSSR count). The second-order valence-electron chi connectivity index (χ2n) is 5.51. The Morgan fingerprint density at radius 3 is 3.00 bits per heavy atom. The van der Waals surface area contributed by atoms with Crippen LogP contribution in [0, 0.1) is 11.3 Å². The highest BCUT2D eigenvalue weighted by molar-refractivity contribution is 5.07. The summed E-state index contributed by atoms with van der Waals surface area (Å²) in [5.74, 6) is 0.734. The Hall–Kier alpha value is -0.940. The van der Waals surface area contributed by atoms with Gasteiger partial charge in [-0.3, -0.25) is 4.68 Å². The number of aromatic nitrogens is 3. The Morgan fingerprint density at radius 2 is 2.41 bits per heavy atom. The van der Waals surface area contributed by atoms with E-state index in [4.69, 9.17) is 10.5 Å². The van der Waals surface area contributed by atoms with Gasteiger partial charge in [-0.05, 0) is 25.2 Å². The molecule has 1 aromatic heterocycles. The smallest absolute Gasteiger partial charge is 0.0834 e. The van der Waals surface area contributed by atoms with Gasteiger partial charge in [-0.1, -0.05) is 5.21 Å². The predicted octanol–water partition coefficient (Wildman–Crippen LogP) is 0.502. The zero-order valence-corrected chi connectivity index (χ0v) is 10.3. The summed E-state index contributed by atoms with van der Waals surface area (Å²) in [6.07, 6.45) is 6.88. The van der Waals surface area contributed by atoms with E-state index in [2.05, 4.69) is 10.3 Å². The lowest BCUT2D eigenvalue weighted by Gasteiger charge is -2.32. The van der Waals surface area contributed by atoms with E-state index in [9.17, 15) is 0 Å². The summed E-state index contributed by atoms with van der Waals surface area (Å²) >= 11 is 0. The Balaban J connectivity index is 1.80. The van der Waals surface area contributed by atoms with Crippen LogP contribution in [0.2, 0.25) is 0 Å². The van der Waals surface area contributed by atoms with E-state index in [-0.39, 0.29) is 5.41 Å². The third-order valence-corrected chi connectivity index (χ3v) is 4.14. The van der Waals surface area contributed by atoms with E-state index < -0.39 is 0 Å². The fourth-order valence-corrected chi connectivity index (χ4v) is 3.06. The van der Waals surface area contributed by atoms with Crippen LogP contribution in [0.25, 0.3) is 0 Å². The molecule has 1 aromatic rings. The van der Waals surface area contributed by atoms with Gasteiger partial charge < -0.3 is 10.5 Å². The molecule has 5 nitrogen and oxygen atoms in total. The number of rotatable bonds is 4. The number of ether oxygens (including phenoxy) is 1. The molecule has 2 unspecified atom stereocenters. The lowest BCUT2D eigenvalue weighted by Crippen LogP contribution is -2.41. The Bertz CT molecular complexity index is 401. The zero-order chi connectivity index (χ0) is 11.9.